The van der Waals surface area contributed by atoms with Gasteiger partial charge in [0.2, 0.25) is 0 Å². The van der Waals surface area contributed by atoms with Gasteiger partial charge in [-0.05, 0) is 67.4 Å². The van der Waals surface area contributed by atoms with Gasteiger partial charge >= 0.3 is 0 Å². The maximum Gasteiger partial charge on any atom is 0.153 e. The van der Waals surface area contributed by atoms with Crippen molar-refractivity contribution < 1.29 is 14.6 Å². The zero-order chi connectivity index (χ0) is 18.6. The minimum absolute atomic E-state index is 0.124. The van der Waals surface area contributed by atoms with Crippen molar-refractivity contribution in [2.24, 2.45) is 11.8 Å². The molecule has 4 nitrogen and oxygen atoms in total. The SMILES string of the molecule is COC1=C(O)C=C(C2CC23c2ccc(OC)cc2CCN3CC2CC2)CC1. The lowest BCUT2D eigenvalue weighted by Crippen LogP contribution is -2.44. The molecule has 0 saturated heterocycles. The quantitative estimate of drug-likeness (QED) is 0.842. The van der Waals surface area contributed by atoms with Crippen molar-refractivity contribution in [3.63, 3.8) is 0 Å². The van der Waals surface area contributed by atoms with E-state index < -0.39 is 0 Å². The van der Waals surface area contributed by atoms with E-state index in [0.717, 1.165) is 43.2 Å². The number of nitrogens with zero attached hydrogens (tertiary/aromatic N) is 1. The summed E-state index contributed by atoms with van der Waals surface area (Å²) in [4.78, 5) is 2.76. The van der Waals surface area contributed by atoms with E-state index in [9.17, 15) is 5.11 Å². The molecule has 0 aromatic heterocycles. The van der Waals surface area contributed by atoms with E-state index in [4.69, 9.17) is 9.47 Å². The van der Waals surface area contributed by atoms with Gasteiger partial charge in [0, 0.05) is 25.4 Å². The van der Waals surface area contributed by atoms with Crippen molar-refractivity contribution in [1.82, 2.24) is 4.90 Å². The summed E-state index contributed by atoms with van der Waals surface area (Å²) in [5.41, 5.74) is 4.44. The van der Waals surface area contributed by atoms with Crippen molar-refractivity contribution in [3.05, 3.63) is 52.5 Å². The minimum Gasteiger partial charge on any atom is -0.504 e. The summed E-state index contributed by atoms with van der Waals surface area (Å²) in [5.74, 6) is 3.39. The number of hydrogen-bond donors (Lipinski definition) is 1. The second kappa shape index (κ2) is 6.30. The Bertz CT molecular complexity index is 823. The van der Waals surface area contributed by atoms with Crippen LogP contribution >= 0.6 is 0 Å². The molecule has 1 heterocycles. The zero-order valence-corrected chi connectivity index (χ0v) is 16.3. The van der Waals surface area contributed by atoms with Crippen molar-refractivity contribution in [1.29, 1.82) is 0 Å². The molecule has 5 rings (SSSR count). The summed E-state index contributed by atoms with van der Waals surface area (Å²) >= 11 is 0. The van der Waals surface area contributed by atoms with Gasteiger partial charge in [-0.1, -0.05) is 11.6 Å². The summed E-state index contributed by atoms with van der Waals surface area (Å²) in [5, 5.41) is 10.3. The number of ether oxygens (including phenoxy) is 2. The van der Waals surface area contributed by atoms with Crippen LogP contribution in [0.1, 0.15) is 43.2 Å². The minimum atomic E-state index is 0.124. The van der Waals surface area contributed by atoms with Gasteiger partial charge in [-0.25, -0.2) is 0 Å². The van der Waals surface area contributed by atoms with Crippen LogP contribution in [0, 0.1) is 11.8 Å². The molecule has 4 aliphatic rings. The molecule has 0 bridgehead atoms. The normalized spacial score (nSPS) is 30.1. The Morgan fingerprint density at radius 1 is 1.15 bits per heavy atom. The number of fused-ring (bicyclic) bond motifs is 2. The molecular formula is C23H29NO3. The molecule has 2 unspecified atom stereocenters. The van der Waals surface area contributed by atoms with E-state index in [0.29, 0.717) is 11.7 Å². The Kier molecular flexibility index (Phi) is 4.01. The van der Waals surface area contributed by atoms with E-state index >= 15 is 0 Å². The Hall–Kier alpha value is -1.94. The Morgan fingerprint density at radius 3 is 2.70 bits per heavy atom. The van der Waals surface area contributed by atoms with Gasteiger partial charge in [-0.15, -0.1) is 0 Å². The number of allylic oxidation sites excluding steroid dienone is 2. The lowest BCUT2D eigenvalue weighted by atomic mass is 9.85. The summed E-state index contributed by atoms with van der Waals surface area (Å²) in [6.07, 6.45) is 8.81. The molecule has 1 aromatic carbocycles. The molecule has 0 radical (unpaired) electrons. The van der Waals surface area contributed by atoms with Crippen LogP contribution < -0.4 is 4.74 Å². The first kappa shape index (κ1) is 17.2. The fraction of sp³-hybridized carbons (Fsp3) is 0.565. The number of benzene rings is 1. The molecule has 1 spiro atoms. The predicted molar refractivity (Wildman–Crippen MR) is 105 cm³/mol. The monoisotopic (exact) mass is 367 g/mol. The maximum atomic E-state index is 10.3. The van der Waals surface area contributed by atoms with Crippen molar-refractivity contribution in [2.75, 3.05) is 27.3 Å². The highest BCUT2D eigenvalue weighted by molar-refractivity contribution is 5.49. The molecule has 27 heavy (non-hydrogen) atoms. The van der Waals surface area contributed by atoms with Gasteiger partial charge in [-0.3, -0.25) is 4.90 Å². The molecule has 1 aromatic rings. The highest BCUT2D eigenvalue weighted by Gasteiger charge is 2.62. The molecule has 1 aliphatic heterocycles. The smallest absolute Gasteiger partial charge is 0.153 e. The molecule has 144 valence electrons. The van der Waals surface area contributed by atoms with Crippen LogP contribution in [0.5, 0.6) is 5.75 Å². The van der Waals surface area contributed by atoms with Crippen LogP contribution in [0.3, 0.4) is 0 Å². The molecule has 2 saturated carbocycles. The van der Waals surface area contributed by atoms with E-state index in [2.05, 4.69) is 23.1 Å². The van der Waals surface area contributed by atoms with Gasteiger partial charge in [0.1, 0.15) is 11.5 Å². The molecule has 2 atom stereocenters. The van der Waals surface area contributed by atoms with Gasteiger partial charge in [0.05, 0.1) is 19.8 Å². The van der Waals surface area contributed by atoms with E-state index in [-0.39, 0.29) is 5.54 Å². The lowest BCUT2D eigenvalue weighted by Gasteiger charge is -2.40. The van der Waals surface area contributed by atoms with Crippen LogP contribution in [-0.2, 0) is 16.7 Å². The summed E-state index contributed by atoms with van der Waals surface area (Å²) in [6, 6.07) is 6.65. The third-order valence-corrected chi connectivity index (χ3v) is 7.04. The molecular weight excluding hydrogens is 338 g/mol. The molecule has 3 aliphatic carbocycles. The summed E-state index contributed by atoms with van der Waals surface area (Å²) in [7, 11) is 3.39. The lowest BCUT2D eigenvalue weighted by molar-refractivity contribution is 0.145. The maximum absolute atomic E-state index is 10.3. The van der Waals surface area contributed by atoms with E-state index in [1.807, 2.05) is 6.08 Å². The number of methoxy groups -OCH3 is 2. The number of aliphatic hydroxyl groups is 1. The van der Waals surface area contributed by atoms with Crippen LogP contribution in [0.4, 0.5) is 0 Å². The average molecular weight is 367 g/mol. The van der Waals surface area contributed by atoms with Crippen LogP contribution in [0.25, 0.3) is 0 Å². The second-order valence-corrected chi connectivity index (χ2v) is 8.58. The van der Waals surface area contributed by atoms with Crippen molar-refractivity contribution in [3.8, 4) is 5.75 Å². The highest BCUT2D eigenvalue weighted by Crippen LogP contribution is 2.64. The third-order valence-electron chi connectivity index (χ3n) is 7.04. The second-order valence-electron chi connectivity index (χ2n) is 8.58. The van der Waals surface area contributed by atoms with Crippen molar-refractivity contribution >= 4 is 0 Å². The van der Waals surface area contributed by atoms with Gasteiger partial charge in [0.25, 0.3) is 0 Å². The first-order valence-electron chi connectivity index (χ1n) is 10.2. The van der Waals surface area contributed by atoms with Gasteiger partial charge in [-0.2, -0.15) is 0 Å². The number of hydrogen-bond acceptors (Lipinski definition) is 4. The molecule has 4 heteroatoms. The standard InChI is InChI=1S/C23H29NO3/c1-26-18-6-7-19-17(11-18)9-10-24(14-15-3-4-15)23(19)13-20(23)16-5-8-22(27-2)21(25)12-16/h6-7,11-12,15,20,25H,3-5,8-10,13-14H2,1-2H3. The zero-order valence-electron chi connectivity index (χ0n) is 16.3. The van der Waals surface area contributed by atoms with Crippen LogP contribution in [0.2, 0.25) is 0 Å². The molecule has 0 amide bonds. The van der Waals surface area contributed by atoms with Crippen molar-refractivity contribution in [2.45, 2.75) is 44.1 Å². The Balaban J connectivity index is 1.51. The Morgan fingerprint density at radius 2 is 2.00 bits per heavy atom. The first-order valence-corrected chi connectivity index (χ1v) is 10.2. The molecule has 1 N–H and O–H groups in total. The number of rotatable bonds is 5. The summed E-state index contributed by atoms with van der Waals surface area (Å²) in [6.45, 7) is 2.35. The fourth-order valence-corrected chi connectivity index (χ4v) is 5.35. The van der Waals surface area contributed by atoms with E-state index in [1.54, 1.807) is 14.2 Å². The Labute approximate surface area is 161 Å². The topological polar surface area (TPSA) is 41.9 Å². The fourth-order valence-electron chi connectivity index (χ4n) is 5.35. The van der Waals surface area contributed by atoms with Gasteiger partial charge in [0.15, 0.2) is 5.76 Å². The third kappa shape index (κ3) is 2.77. The van der Waals surface area contributed by atoms with Gasteiger partial charge < -0.3 is 14.6 Å². The highest BCUT2D eigenvalue weighted by atomic mass is 16.5. The predicted octanol–water partition coefficient (Wildman–Crippen LogP) is 4.31. The average Bonchev–Trinajstić information content (AvgIpc) is 3.60. The van der Waals surface area contributed by atoms with E-state index in [1.165, 1.54) is 42.5 Å². The van der Waals surface area contributed by atoms with Crippen LogP contribution in [-0.4, -0.2) is 37.3 Å². The number of aliphatic hydroxyl groups excluding tert-OH is 1. The first-order chi connectivity index (χ1) is 13.2. The summed E-state index contributed by atoms with van der Waals surface area (Å²) < 4.78 is 10.8. The van der Waals surface area contributed by atoms with Crippen LogP contribution in [0.15, 0.2) is 41.4 Å². The largest absolute Gasteiger partial charge is 0.504 e. The molecule has 2 fully saturated rings.